The smallest absolute Gasteiger partial charge is 0.232 e. The van der Waals surface area contributed by atoms with Gasteiger partial charge in [-0.2, -0.15) is 0 Å². The van der Waals surface area contributed by atoms with Crippen molar-refractivity contribution in [1.29, 1.82) is 0 Å². The highest BCUT2D eigenvalue weighted by atomic mass is 35.5. The molecule has 0 radical (unpaired) electrons. The fourth-order valence-corrected chi connectivity index (χ4v) is 1.85. The van der Waals surface area contributed by atoms with Crippen LogP contribution >= 0.6 is 11.6 Å². The molecule has 0 spiro atoms. The highest BCUT2D eigenvalue weighted by Gasteiger charge is 2.39. The molecule has 0 fully saturated rings. The largest absolute Gasteiger partial charge is 0.280 e. The van der Waals surface area contributed by atoms with Crippen LogP contribution in [-0.4, -0.2) is 5.24 Å². The predicted octanol–water partition coefficient (Wildman–Crippen LogP) is 3.50. The molecular formula is C12H14ClFO. The minimum Gasteiger partial charge on any atom is -0.280 e. The second-order valence-electron chi connectivity index (χ2n) is 4.11. The van der Waals surface area contributed by atoms with Crippen molar-refractivity contribution >= 4 is 16.8 Å². The average molecular weight is 229 g/mol. The van der Waals surface area contributed by atoms with Crippen molar-refractivity contribution in [3.8, 4) is 0 Å². The van der Waals surface area contributed by atoms with E-state index in [0.717, 1.165) is 0 Å². The fourth-order valence-electron chi connectivity index (χ4n) is 1.53. The molecule has 0 heterocycles. The van der Waals surface area contributed by atoms with Crippen LogP contribution < -0.4 is 0 Å². The summed E-state index contributed by atoms with van der Waals surface area (Å²) in [6, 6.07) is 6.25. The molecule has 0 saturated carbocycles. The number of carbonyl (C=O) groups excluding carboxylic acids is 1. The number of hydrogen-bond acceptors (Lipinski definition) is 1. The Bertz CT molecular complexity index is 376. The molecule has 0 aromatic heterocycles. The van der Waals surface area contributed by atoms with Gasteiger partial charge in [-0.25, -0.2) is 4.39 Å². The van der Waals surface area contributed by atoms with E-state index < -0.39 is 10.7 Å². The van der Waals surface area contributed by atoms with E-state index in [1.54, 1.807) is 25.1 Å². The molecule has 0 aliphatic heterocycles. The first kappa shape index (κ1) is 12.2. The minimum atomic E-state index is -0.965. The van der Waals surface area contributed by atoms with E-state index in [0.29, 0.717) is 5.56 Å². The van der Waals surface area contributed by atoms with Gasteiger partial charge < -0.3 is 0 Å². The molecule has 15 heavy (non-hydrogen) atoms. The standard InChI is InChI=1S/C12H14ClFO/c1-8(2)12(3,11(13)15)9-6-4-5-7-10(9)14/h4-8H,1-3H3. The van der Waals surface area contributed by atoms with Crippen LogP contribution in [0.5, 0.6) is 0 Å². The van der Waals surface area contributed by atoms with Crippen molar-refractivity contribution in [3.63, 3.8) is 0 Å². The zero-order chi connectivity index (χ0) is 11.6. The highest BCUT2D eigenvalue weighted by molar-refractivity contribution is 6.65. The van der Waals surface area contributed by atoms with Gasteiger partial charge in [0, 0.05) is 5.56 Å². The Morgan fingerprint density at radius 3 is 2.33 bits per heavy atom. The van der Waals surface area contributed by atoms with E-state index in [1.807, 2.05) is 13.8 Å². The van der Waals surface area contributed by atoms with Gasteiger partial charge in [-0.3, -0.25) is 4.79 Å². The molecule has 1 atom stereocenters. The summed E-state index contributed by atoms with van der Waals surface area (Å²) in [6.07, 6.45) is 0. The van der Waals surface area contributed by atoms with Crippen molar-refractivity contribution in [1.82, 2.24) is 0 Å². The Labute approximate surface area is 94.3 Å². The Kier molecular flexibility index (Phi) is 3.50. The summed E-state index contributed by atoms with van der Waals surface area (Å²) in [6.45, 7) is 5.38. The van der Waals surface area contributed by atoms with E-state index in [1.165, 1.54) is 6.07 Å². The lowest BCUT2D eigenvalue weighted by molar-refractivity contribution is -0.117. The van der Waals surface area contributed by atoms with E-state index in [9.17, 15) is 9.18 Å². The zero-order valence-corrected chi connectivity index (χ0v) is 9.81. The molecule has 82 valence electrons. The molecule has 3 heteroatoms. The third kappa shape index (κ3) is 2.05. The third-order valence-electron chi connectivity index (χ3n) is 3.00. The first-order chi connectivity index (χ1) is 6.90. The number of hydrogen-bond donors (Lipinski definition) is 0. The van der Waals surface area contributed by atoms with Gasteiger partial charge in [0.2, 0.25) is 5.24 Å². The fraction of sp³-hybridized carbons (Fsp3) is 0.417. The summed E-state index contributed by atoms with van der Waals surface area (Å²) in [5, 5.41) is -0.525. The van der Waals surface area contributed by atoms with Gasteiger partial charge in [0.25, 0.3) is 0 Å². The highest BCUT2D eigenvalue weighted by Crippen LogP contribution is 2.35. The molecule has 1 unspecified atom stereocenters. The molecule has 0 aliphatic carbocycles. The van der Waals surface area contributed by atoms with Crippen molar-refractivity contribution in [2.45, 2.75) is 26.2 Å². The SMILES string of the molecule is CC(C)C(C)(C(=O)Cl)c1ccccc1F. The molecule has 1 nitrogen and oxygen atoms in total. The van der Waals surface area contributed by atoms with Crippen LogP contribution in [0, 0.1) is 11.7 Å². The van der Waals surface area contributed by atoms with E-state index in [-0.39, 0.29) is 11.7 Å². The molecule has 0 N–H and O–H groups in total. The summed E-state index contributed by atoms with van der Waals surface area (Å²) < 4.78 is 13.6. The van der Waals surface area contributed by atoms with Crippen LogP contribution in [0.1, 0.15) is 26.3 Å². The van der Waals surface area contributed by atoms with Gasteiger partial charge >= 0.3 is 0 Å². The third-order valence-corrected chi connectivity index (χ3v) is 3.39. The summed E-state index contributed by atoms with van der Waals surface area (Å²) in [4.78, 5) is 11.5. The van der Waals surface area contributed by atoms with Crippen LogP contribution in [-0.2, 0) is 10.2 Å². The van der Waals surface area contributed by atoms with Crippen LogP contribution in [0.3, 0.4) is 0 Å². The van der Waals surface area contributed by atoms with E-state index >= 15 is 0 Å². The second-order valence-corrected chi connectivity index (χ2v) is 4.45. The van der Waals surface area contributed by atoms with Gasteiger partial charge in [-0.1, -0.05) is 32.0 Å². The lowest BCUT2D eigenvalue weighted by Gasteiger charge is -2.30. The lowest BCUT2D eigenvalue weighted by atomic mass is 9.74. The Balaban J connectivity index is 3.34. The summed E-state index contributed by atoms with van der Waals surface area (Å²) >= 11 is 5.58. The van der Waals surface area contributed by atoms with E-state index in [4.69, 9.17) is 11.6 Å². The molecule has 0 amide bonds. The second kappa shape index (κ2) is 4.31. The van der Waals surface area contributed by atoms with Gasteiger partial charge in [0.15, 0.2) is 0 Å². The first-order valence-electron chi connectivity index (χ1n) is 4.85. The predicted molar refractivity (Wildman–Crippen MR) is 59.5 cm³/mol. The Morgan fingerprint density at radius 2 is 1.93 bits per heavy atom. The van der Waals surface area contributed by atoms with Crippen molar-refractivity contribution in [2.75, 3.05) is 0 Å². The maximum atomic E-state index is 13.6. The van der Waals surface area contributed by atoms with Gasteiger partial charge in [-0.05, 0) is 30.5 Å². The monoisotopic (exact) mass is 228 g/mol. The maximum absolute atomic E-state index is 13.6. The number of halogens is 2. The molecule has 1 rings (SSSR count). The van der Waals surface area contributed by atoms with Gasteiger partial charge in [-0.15, -0.1) is 0 Å². The van der Waals surface area contributed by atoms with Gasteiger partial charge in [0.1, 0.15) is 5.82 Å². The average Bonchev–Trinajstić information content (AvgIpc) is 2.16. The maximum Gasteiger partial charge on any atom is 0.232 e. The zero-order valence-electron chi connectivity index (χ0n) is 9.05. The number of rotatable bonds is 3. The van der Waals surface area contributed by atoms with E-state index in [2.05, 4.69) is 0 Å². The van der Waals surface area contributed by atoms with Crippen molar-refractivity contribution in [2.24, 2.45) is 5.92 Å². The molecular weight excluding hydrogens is 215 g/mol. The molecule has 0 aliphatic rings. The van der Waals surface area contributed by atoms with Crippen LogP contribution in [0.2, 0.25) is 0 Å². The van der Waals surface area contributed by atoms with Gasteiger partial charge in [0.05, 0.1) is 5.41 Å². The first-order valence-corrected chi connectivity index (χ1v) is 5.23. The van der Waals surface area contributed by atoms with Crippen LogP contribution in [0.25, 0.3) is 0 Å². The summed E-state index contributed by atoms with van der Waals surface area (Å²) in [5.74, 6) is -0.442. The number of benzene rings is 1. The Morgan fingerprint density at radius 1 is 1.40 bits per heavy atom. The summed E-state index contributed by atoms with van der Waals surface area (Å²) in [5.41, 5.74) is -0.604. The van der Waals surface area contributed by atoms with Crippen molar-refractivity contribution < 1.29 is 9.18 Å². The van der Waals surface area contributed by atoms with Crippen molar-refractivity contribution in [3.05, 3.63) is 35.6 Å². The molecule has 0 saturated heterocycles. The molecule has 1 aromatic rings. The Hall–Kier alpha value is -0.890. The number of carbonyl (C=O) groups is 1. The topological polar surface area (TPSA) is 17.1 Å². The van der Waals surface area contributed by atoms with Crippen LogP contribution in [0.15, 0.2) is 24.3 Å². The normalized spacial score (nSPS) is 15.1. The minimum absolute atomic E-state index is 0.0561. The quantitative estimate of drug-likeness (QED) is 0.724. The summed E-state index contributed by atoms with van der Waals surface area (Å²) in [7, 11) is 0. The van der Waals surface area contributed by atoms with Crippen LogP contribution in [0.4, 0.5) is 4.39 Å². The lowest BCUT2D eigenvalue weighted by Crippen LogP contribution is -2.35. The molecule has 1 aromatic carbocycles. The molecule has 0 bridgehead atoms.